The molecule has 1 aromatic rings. The first-order valence-electron chi connectivity index (χ1n) is 8.36. The normalized spacial score (nSPS) is 24.9. The van der Waals surface area contributed by atoms with E-state index in [0.717, 1.165) is 18.9 Å². The maximum absolute atomic E-state index is 12.6. The van der Waals surface area contributed by atoms with Crippen molar-refractivity contribution in [2.75, 3.05) is 6.54 Å². The van der Waals surface area contributed by atoms with Crippen molar-refractivity contribution in [3.63, 3.8) is 0 Å². The lowest BCUT2D eigenvalue weighted by Crippen LogP contribution is -2.47. The van der Waals surface area contributed by atoms with Gasteiger partial charge in [-0.05, 0) is 43.9 Å². The summed E-state index contributed by atoms with van der Waals surface area (Å²) in [7, 11) is -3.86. The molecule has 2 unspecified atom stereocenters. The van der Waals surface area contributed by atoms with Crippen LogP contribution in [0.2, 0.25) is 0 Å². The van der Waals surface area contributed by atoms with Crippen molar-refractivity contribution in [3.05, 3.63) is 29.8 Å². The Kier molecular flexibility index (Phi) is 6.77. The molecule has 2 aliphatic heterocycles. The summed E-state index contributed by atoms with van der Waals surface area (Å²) in [6.45, 7) is -1.47. The lowest BCUT2D eigenvalue weighted by atomic mass is 10.0. The Morgan fingerprint density at radius 1 is 1.19 bits per heavy atom. The third-order valence-corrected chi connectivity index (χ3v) is 6.17. The summed E-state index contributed by atoms with van der Waals surface area (Å²) in [5, 5.41) is 5.15. The summed E-state index contributed by atoms with van der Waals surface area (Å²) in [6, 6.07) is 5.43. The lowest BCUT2D eigenvalue weighted by Gasteiger charge is -2.29. The number of fused-ring (bicyclic) bond motifs is 2. The molecule has 3 N–H and O–H groups in total. The zero-order valence-electron chi connectivity index (χ0n) is 14.3. The van der Waals surface area contributed by atoms with Gasteiger partial charge in [0, 0.05) is 23.7 Å². The maximum Gasteiger partial charge on any atom is 0.405 e. The van der Waals surface area contributed by atoms with E-state index in [-0.39, 0.29) is 28.9 Å². The van der Waals surface area contributed by atoms with Gasteiger partial charge in [-0.2, -0.15) is 13.2 Å². The van der Waals surface area contributed by atoms with E-state index in [4.69, 9.17) is 0 Å². The first-order chi connectivity index (χ1) is 12.1. The average Bonchev–Trinajstić information content (AvgIpc) is 2.90. The molecule has 2 aliphatic rings. The van der Waals surface area contributed by atoms with Gasteiger partial charge in [0.2, 0.25) is 10.0 Å². The molecular weight excluding hydrogens is 407 g/mol. The largest absolute Gasteiger partial charge is 0.405 e. The monoisotopic (exact) mass is 427 g/mol. The molecule has 2 saturated heterocycles. The SMILES string of the molecule is Cl.O=C(NCC(F)(F)F)c1cccc(S(=O)(=O)NC2CC3CCC(C2)N3)c1. The fourth-order valence-corrected chi connectivity index (χ4v) is 4.84. The Balaban J connectivity index is 0.00000261. The molecule has 2 bridgehead atoms. The first kappa shape index (κ1) is 21.9. The molecule has 2 heterocycles. The predicted octanol–water partition coefficient (Wildman–Crippen LogP) is 1.96. The number of alkyl halides is 3. The molecule has 6 nitrogen and oxygen atoms in total. The number of benzene rings is 1. The number of rotatable bonds is 5. The van der Waals surface area contributed by atoms with Crippen molar-refractivity contribution in [2.45, 2.75) is 54.9 Å². The number of hydrogen-bond acceptors (Lipinski definition) is 4. The van der Waals surface area contributed by atoms with Crippen LogP contribution in [0.1, 0.15) is 36.0 Å². The topological polar surface area (TPSA) is 87.3 Å². The Hall–Kier alpha value is -1.36. The Morgan fingerprint density at radius 2 is 1.81 bits per heavy atom. The molecule has 0 saturated carbocycles. The van der Waals surface area contributed by atoms with Crippen LogP contribution in [0.5, 0.6) is 0 Å². The highest BCUT2D eigenvalue weighted by Gasteiger charge is 2.35. The number of carbonyl (C=O) groups excluding carboxylic acids is 1. The van der Waals surface area contributed by atoms with Crippen molar-refractivity contribution in [3.8, 4) is 0 Å². The number of nitrogens with one attached hydrogen (secondary N) is 3. The standard InChI is InChI=1S/C16H20F3N3O3S.ClH/c17-16(18,19)9-20-15(23)10-2-1-3-14(6-10)26(24,25)22-13-7-11-4-5-12(8-13)21-11;/h1-3,6,11-13,21-22H,4-5,7-9H2,(H,20,23);1H. The molecule has 2 fully saturated rings. The fraction of sp³-hybridized carbons (Fsp3) is 0.562. The number of amides is 1. The van der Waals surface area contributed by atoms with E-state index in [9.17, 15) is 26.4 Å². The van der Waals surface area contributed by atoms with Crippen molar-refractivity contribution in [2.24, 2.45) is 0 Å². The summed E-state index contributed by atoms with van der Waals surface area (Å²) in [4.78, 5) is 11.7. The summed E-state index contributed by atoms with van der Waals surface area (Å²) < 4.78 is 64.4. The third kappa shape index (κ3) is 5.81. The molecule has 11 heteroatoms. The highest BCUT2D eigenvalue weighted by atomic mass is 35.5. The van der Waals surface area contributed by atoms with Crippen LogP contribution >= 0.6 is 12.4 Å². The summed E-state index contributed by atoms with van der Waals surface area (Å²) in [5.41, 5.74) is -0.137. The third-order valence-electron chi connectivity index (χ3n) is 4.65. The van der Waals surface area contributed by atoms with Gasteiger partial charge in [-0.25, -0.2) is 13.1 Å². The van der Waals surface area contributed by atoms with E-state index < -0.39 is 28.7 Å². The van der Waals surface area contributed by atoms with Crippen molar-refractivity contribution < 1.29 is 26.4 Å². The number of piperidine rings is 1. The van der Waals surface area contributed by atoms with Crippen molar-refractivity contribution in [1.29, 1.82) is 0 Å². The molecule has 0 spiro atoms. The second-order valence-electron chi connectivity index (χ2n) is 6.75. The van der Waals surface area contributed by atoms with Gasteiger partial charge in [0.15, 0.2) is 0 Å². The number of halogens is 4. The van der Waals surface area contributed by atoms with Crippen LogP contribution in [-0.2, 0) is 10.0 Å². The summed E-state index contributed by atoms with van der Waals surface area (Å²) in [6.07, 6.45) is -1.09. The molecule has 1 aromatic carbocycles. The van der Waals surface area contributed by atoms with Gasteiger partial charge < -0.3 is 10.6 Å². The van der Waals surface area contributed by atoms with E-state index in [1.807, 2.05) is 0 Å². The van der Waals surface area contributed by atoms with Crippen LogP contribution < -0.4 is 15.4 Å². The van der Waals surface area contributed by atoms with Crippen LogP contribution in [0.4, 0.5) is 13.2 Å². The minimum atomic E-state index is -4.53. The maximum atomic E-state index is 12.6. The van der Waals surface area contributed by atoms with E-state index in [1.165, 1.54) is 18.2 Å². The molecule has 2 atom stereocenters. The molecule has 0 aromatic heterocycles. The first-order valence-corrected chi connectivity index (χ1v) is 9.84. The Labute approximate surface area is 161 Å². The van der Waals surface area contributed by atoms with Crippen LogP contribution in [0.3, 0.4) is 0 Å². The van der Waals surface area contributed by atoms with Gasteiger partial charge in [-0.3, -0.25) is 4.79 Å². The molecule has 27 heavy (non-hydrogen) atoms. The van der Waals surface area contributed by atoms with E-state index >= 15 is 0 Å². The predicted molar refractivity (Wildman–Crippen MR) is 95.4 cm³/mol. The van der Waals surface area contributed by atoms with Crippen LogP contribution in [-0.4, -0.2) is 45.2 Å². The number of carbonyl (C=O) groups is 1. The molecule has 3 rings (SSSR count). The molecule has 0 aliphatic carbocycles. The summed E-state index contributed by atoms with van der Waals surface area (Å²) >= 11 is 0. The average molecular weight is 428 g/mol. The van der Waals surface area contributed by atoms with E-state index in [1.54, 1.807) is 5.32 Å². The quantitative estimate of drug-likeness (QED) is 0.670. The van der Waals surface area contributed by atoms with Gasteiger partial charge in [0.05, 0.1) is 4.90 Å². The van der Waals surface area contributed by atoms with Gasteiger partial charge in [0.1, 0.15) is 6.54 Å². The summed E-state index contributed by atoms with van der Waals surface area (Å²) in [5.74, 6) is -0.973. The minimum absolute atomic E-state index is 0. The lowest BCUT2D eigenvalue weighted by molar-refractivity contribution is -0.123. The second-order valence-corrected chi connectivity index (χ2v) is 8.47. The zero-order valence-corrected chi connectivity index (χ0v) is 15.9. The highest BCUT2D eigenvalue weighted by Crippen LogP contribution is 2.27. The fourth-order valence-electron chi connectivity index (χ4n) is 3.53. The second kappa shape index (κ2) is 8.34. The van der Waals surface area contributed by atoms with E-state index in [2.05, 4.69) is 10.0 Å². The van der Waals surface area contributed by atoms with Crippen LogP contribution in [0.15, 0.2) is 29.2 Å². The number of sulfonamides is 1. The molecule has 0 radical (unpaired) electrons. The van der Waals surface area contributed by atoms with Crippen molar-refractivity contribution >= 4 is 28.3 Å². The van der Waals surface area contributed by atoms with E-state index in [0.29, 0.717) is 24.9 Å². The van der Waals surface area contributed by atoms with Gasteiger partial charge in [-0.1, -0.05) is 6.07 Å². The Morgan fingerprint density at radius 3 is 2.41 bits per heavy atom. The van der Waals surface area contributed by atoms with Crippen molar-refractivity contribution in [1.82, 2.24) is 15.4 Å². The smallest absolute Gasteiger partial charge is 0.343 e. The zero-order chi connectivity index (χ0) is 18.9. The molecule has 152 valence electrons. The minimum Gasteiger partial charge on any atom is -0.343 e. The highest BCUT2D eigenvalue weighted by molar-refractivity contribution is 7.89. The van der Waals surface area contributed by atoms with Gasteiger partial charge in [-0.15, -0.1) is 12.4 Å². The van der Waals surface area contributed by atoms with Gasteiger partial charge in [0.25, 0.3) is 5.91 Å². The number of hydrogen-bond donors (Lipinski definition) is 3. The van der Waals surface area contributed by atoms with Crippen LogP contribution in [0, 0.1) is 0 Å². The van der Waals surface area contributed by atoms with Crippen LogP contribution in [0.25, 0.3) is 0 Å². The molecule has 1 amide bonds. The molecular formula is C16H21ClF3N3O3S. The van der Waals surface area contributed by atoms with Gasteiger partial charge >= 0.3 is 6.18 Å². The Bertz CT molecular complexity index is 777.